The van der Waals surface area contributed by atoms with Crippen LogP contribution in [-0.2, 0) is 14.3 Å². The average Bonchev–Trinajstić information content (AvgIpc) is 2.62. The lowest BCUT2D eigenvalue weighted by molar-refractivity contribution is -0.146. The number of benzene rings is 1. The van der Waals surface area contributed by atoms with E-state index < -0.39 is 0 Å². The number of ether oxygens (including phenoxy) is 2. The zero-order valence-corrected chi connectivity index (χ0v) is 14.3. The van der Waals surface area contributed by atoms with Gasteiger partial charge in [-0.1, -0.05) is 30.3 Å². The Labute approximate surface area is 142 Å². The molecular weight excluding hydrogens is 312 g/mol. The molecule has 1 aromatic rings. The molecule has 5 nitrogen and oxygen atoms in total. The van der Waals surface area contributed by atoms with Crippen LogP contribution in [0.1, 0.15) is 17.9 Å². The van der Waals surface area contributed by atoms with Crippen molar-refractivity contribution in [3.05, 3.63) is 35.9 Å². The zero-order valence-electron chi connectivity index (χ0n) is 13.5. The van der Waals surface area contributed by atoms with Gasteiger partial charge in [-0.05, 0) is 17.9 Å². The molecule has 0 amide bonds. The maximum absolute atomic E-state index is 12.1. The first-order valence-corrected chi connectivity index (χ1v) is 8.88. The largest absolute Gasteiger partial charge is 0.469 e. The van der Waals surface area contributed by atoms with E-state index in [9.17, 15) is 4.79 Å². The highest BCUT2D eigenvalue weighted by Gasteiger charge is 2.34. The van der Waals surface area contributed by atoms with Gasteiger partial charge in [0.1, 0.15) is 0 Å². The highest BCUT2D eigenvalue weighted by atomic mass is 32.2. The van der Waals surface area contributed by atoms with Gasteiger partial charge in [0.25, 0.3) is 0 Å². The van der Waals surface area contributed by atoms with E-state index in [1.807, 2.05) is 6.07 Å². The Hall–Kier alpha value is -1.08. The minimum Gasteiger partial charge on any atom is -0.469 e. The fourth-order valence-corrected chi connectivity index (χ4v) is 4.35. The van der Waals surface area contributed by atoms with E-state index >= 15 is 0 Å². The van der Waals surface area contributed by atoms with Crippen molar-refractivity contribution in [3.8, 4) is 0 Å². The van der Waals surface area contributed by atoms with Crippen molar-refractivity contribution >= 4 is 18.1 Å². The van der Waals surface area contributed by atoms with E-state index in [0.29, 0.717) is 5.92 Å². The Morgan fingerprint density at radius 3 is 2.61 bits per heavy atom. The van der Waals surface area contributed by atoms with Crippen LogP contribution in [0.3, 0.4) is 0 Å². The summed E-state index contributed by atoms with van der Waals surface area (Å²) in [4.78, 5) is 12.1. The first-order valence-electron chi connectivity index (χ1n) is 8.14. The molecule has 2 fully saturated rings. The Bertz CT molecular complexity index is 508. The van der Waals surface area contributed by atoms with Crippen LogP contribution >= 0.6 is 12.1 Å². The van der Waals surface area contributed by atoms with Gasteiger partial charge in [-0.15, -0.1) is 0 Å². The number of hydrogen-bond donors (Lipinski definition) is 0. The predicted molar refractivity (Wildman–Crippen MR) is 90.9 cm³/mol. The quantitative estimate of drug-likeness (QED) is 0.620. The van der Waals surface area contributed by atoms with Crippen molar-refractivity contribution in [2.45, 2.75) is 12.3 Å². The monoisotopic (exact) mass is 336 g/mol. The van der Waals surface area contributed by atoms with Gasteiger partial charge in [0.05, 0.1) is 26.2 Å². The third-order valence-electron chi connectivity index (χ3n) is 4.42. The van der Waals surface area contributed by atoms with E-state index in [2.05, 4.69) is 32.9 Å². The molecule has 1 aromatic carbocycles. The Morgan fingerprint density at radius 2 is 1.91 bits per heavy atom. The van der Waals surface area contributed by atoms with E-state index in [1.54, 1.807) is 12.1 Å². The van der Waals surface area contributed by atoms with E-state index in [-0.39, 0.29) is 11.9 Å². The molecule has 0 aliphatic carbocycles. The molecule has 3 rings (SSSR count). The minimum atomic E-state index is -0.0989. The summed E-state index contributed by atoms with van der Waals surface area (Å²) in [5.41, 5.74) is 1.30. The van der Waals surface area contributed by atoms with Crippen LogP contribution in [0.4, 0.5) is 0 Å². The van der Waals surface area contributed by atoms with Crippen LogP contribution in [-0.4, -0.2) is 61.1 Å². The summed E-state index contributed by atoms with van der Waals surface area (Å²) in [6.07, 6.45) is 0.858. The second-order valence-electron chi connectivity index (χ2n) is 6.03. The molecule has 23 heavy (non-hydrogen) atoms. The molecule has 2 aliphatic rings. The third kappa shape index (κ3) is 4.47. The highest BCUT2D eigenvalue weighted by molar-refractivity contribution is 7.94. The van der Waals surface area contributed by atoms with Gasteiger partial charge in [0.15, 0.2) is 0 Å². The molecule has 0 aromatic heterocycles. The number of piperidine rings is 1. The van der Waals surface area contributed by atoms with Crippen molar-refractivity contribution in [1.82, 2.24) is 8.61 Å². The lowest BCUT2D eigenvalue weighted by Gasteiger charge is -2.38. The fraction of sp³-hybridized carbons (Fsp3) is 0.588. The maximum Gasteiger partial charge on any atom is 0.310 e. The molecule has 2 atom stereocenters. The molecular formula is C17H24N2O3S. The van der Waals surface area contributed by atoms with Crippen LogP contribution in [0.5, 0.6) is 0 Å². The van der Waals surface area contributed by atoms with Gasteiger partial charge < -0.3 is 9.47 Å². The van der Waals surface area contributed by atoms with Crippen molar-refractivity contribution in [1.29, 1.82) is 0 Å². The van der Waals surface area contributed by atoms with E-state index in [0.717, 1.165) is 45.8 Å². The summed E-state index contributed by atoms with van der Waals surface area (Å²) >= 11 is 1.75. The molecule has 0 N–H and O–H groups in total. The Balaban J connectivity index is 1.69. The number of carbonyl (C=O) groups excluding carboxylic acids is 1. The van der Waals surface area contributed by atoms with E-state index in [4.69, 9.17) is 9.47 Å². The number of hydrogen-bond acceptors (Lipinski definition) is 6. The van der Waals surface area contributed by atoms with Gasteiger partial charge in [0, 0.05) is 38.3 Å². The zero-order chi connectivity index (χ0) is 16.1. The number of rotatable bonds is 4. The van der Waals surface area contributed by atoms with Gasteiger partial charge in [-0.2, -0.15) is 0 Å². The number of esters is 1. The first kappa shape index (κ1) is 16.8. The maximum atomic E-state index is 12.1. The van der Waals surface area contributed by atoms with Gasteiger partial charge in [0.2, 0.25) is 0 Å². The minimum absolute atomic E-state index is 0.0625. The molecule has 6 heteroatoms. The first-order chi connectivity index (χ1) is 11.3. The van der Waals surface area contributed by atoms with Crippen LogP contribution in [0.2, 0.25) is 0 Å². The number of nitrogens with zero attached hydrogens (tertiary/aromatic N) is 2. The summed E-state index contributed by atoms with van der Waals surface area (Å²) in [5.74, 6) is 0.202. The smallest absolute Gasteiger partial charge is 0.310 e. The van der Waals surface area contributed by atoms with Crippen molar-refractivity contribution < 1.29 is 14.3 Å². The third-order valence-corrected chi connectivity index (χ3v) is 5.55. The average molecular weight is 336 g/mol. The molecule has 2 aliphatic heterocycles. The predicted octanol–water partition coefficient (Wildman–Crippen LogP) is 2.16. The van der Waals surface area contributed by atoms with Crippen molar-refractivity contribution in [2.75, 3.05) is 46.5 Å². The van der Waals surface area contributed by atoms with Gasteiger partial charge in [-0.3, -0.25) is 4.79 Å². The Kier molecular flexibility index (Phi) is 5.94. The number of carbonyl (C=O) groups is 1. The van der Waals surface area contributed by atoms with Crippen LogP contribution in [0.15, 0.2) is 30.3 Å². The lowest BCUT2D eigenvalue weighted by Crippen LogP contribution is -2.42. The molecule has 2 saturated heterocycles. The van der Waals surface area contributed by atoms with E-state index in [1.165, 1.54) is 12.7 Å². The summed E-state index contributed by atoms with van der Waals surface area (Å²) in [5, 5.41) is 0. The molecule has 126 valence electrons. The molecule has 0 radical (unpaired) electrons. The molecule has 0 saturated carbocycles. The lowest BCUT2D eigenvalue weighted by atomic mass is 9.85. The van der Waals surface area contributed by atoms with Crippen LogP contribution in [0, 0.1) is 5.92 Å². The topological polar surface area (TPSA) is 42.0 Å². The standard InChI is InChI=1S/C17H24N2O3S/c1-21-17(20)16-11-15(14-5-3-2-4-6-14)12-19(13-16)23-18-7-9-22-10-8-18/h2-6,15-16H,7-13H2,1H3. The molecule has 2 unspecified atom stereocenters. The second-order valence-corrected chi connectivity index (χ2v) is 7.23. The van der Waals surface area contributed by atoms with Gasteiger partial charge >= 0.3 is 5.97 Å². The van der Waals surface area contributed by atoms with Crippen LogP contribution < -0.4 is 0 Å². The van der Waals surface area contributed by atoms with Crippen LogP contribution in [0.25, 0.3) is 0 Å². The number of methoxy groups -OCH3 is 1. The summed E-state index contributed by atoms with van der Waals surface area (Å²) < 4.78 is 15.1. The summed E-state index contributed by atoms with van der Waals surface area (Å²) in [7, 11) is 1.48. The number of morpholine rings is 1. The fourth-order valence-electron chi connectivity index (χ4n) is 3.22. The molecule has 0 spiro atoms. The normalized spacial score (nSPS) is 26.8. The highest BCUT2D eigenvalue weighted by Crippen LogP contribution is 2.34. The molecule has 2 heterocycles. The van der Waals surface area contributed by atoms with Crippen molar-refractivity contribution in [2.24, 2.45) is 5.92 Å². The Morgan fingerprint density at radius 1 is 1.17 bits per heavy atom. The van der Waals surface area contributed by atoms with Gasteiger partial charge in [-0.25, -0.2) is 8.61 Å². The second kappa shape index (κ2) is 8.15. The summed E-state index contributed by atoms with van der Waals surface area (Å²) in [6, 6.07) is 10.5. The summed E-state index contributed by atoms with van der Waals surface area (Å²) in [6.45, 7) is 5.13. The SMILES string of the molecule is COC(=O)C1CC(c2ccccc2)CN(SN2CCOCC2)C1. The van der Waals surface area contributed by atoms with Crippen molar-refractivity contribution in [3.63, 3.8) is 0 Å². The molecule has 0 bridgehead atoms.